The number of nitrogens with zero attached hydrogens (tertiary/aromatic N) is 3. The van der Waals surface area contributed by atoms with Crippen LogP contribution in [0.4, 0.5) is 32.0 Å². The number of halogens is 6. The molecule has 5 nitrogen and oxygen atoms in total. The Hall–Kier alpha value is -1.94. The highest BCUT2D eigenvalue weighted by Gasteiger charge is 2.39. The average Bonchev–Trinajstić information content (AvgIpc) is 2.87. The molecule has 1 N–H and O–H groups in total. The van der Waals surface area contributed by atoms with Crippen LogP contribution in [0.2, 0.25) is 0 Å². The van der Waals surface area contributed by atoms with E-state index in [0.717, 1.165) is 12.4 Å². The number of rotatable bonds is 4. The van der Waals surface area contributed by atoms with Crippen molar-refractivity contribution in [1.82, 2.24) is 14.7 Å². The number of amides is 1. The molecule has 0 saturated carbocycles. The lowest BCUT2D eigenvalue weighted by Crippen LogP contribution is -2.39. The van der Waals surface area contributed by atoms with Gasteiger partial charge < -0.3 is 10.2 Å². The number of aromatic nitrogens is 2. The number of carbonyl (C=O) groups is 1. The monoisotopic (exact) mass is 330 g/mol. The minimum Gasteiger partial charge on any atom is -0.371 e. The van der Waals surface area contributed by atoms with E-state index in [4.69, 9.17) is 0 Å². The van der Waals surface area contributed by atoms with Gasteiger partial charge in [-0.15, -0.1) is 0 Å². The zero-order valence-corrected chi connectivity index (χ0v) is 11.1. The minimum atomic E-state index is -4.48. The number of likely N-dealkylation sites (tertiary alicyclic amines) is 1. The van der Waals surface area contributed by atoms with Gasteiger partial charge >= 0.3 is 12.4 Å². The van der Waals surface area contributed by atoms with Gasteiger partial charge in [0.1, 0.15) is 19.1 Å². The SMILES string of the molecule is O=C1[C@@H](Nc2cnn(CC(F)(F)F)c2)CCN1CC(F)(F)F. The molecule has 0 bridgehead atoms. The molecule has 0 spiro atoms. The molecule has 1 fully saturated rings. The molecule has 1 atom stereocenters. The fourth-order valence-corrected chi connectivity index (χ4v) is 2.16. The Bertz CT molecular complexity index is 537. The largest absolute Gasteiger partial charge is 0.408 e. The van der Waals surface area contributed by atoms with E-state index in [0.29, 0.717) is 9.58 Å². The molecule has 1 aromatic heterocycles. The number of hydrogen-bond acceptors (Lipinski definition) is 3. The van der Waals surface area contributed by atoms with Crippen LogP contribution in [0.25, 0.3) is 0 Å². The van der Waals surface area contributed by atoms with Gasteiger partial charge in [-0.05, 0) is 6.42 Å². The van der Waals surface area contributed by atoms with E-state index >= 15 is 0 Å². The summed E-state index contributed by atoms with van der Waals surface area (Å²) < 4.78 is 74.0. The maximum Gasteiger partial charge on any atom is 0.408 e. The smallest absolute Gasteiger partial charge is 0.371 e. The Balaban J connectivity index is 1.93. The molecule has 2 rings (SSSR count). The molecule has 0 aromatic carbocycles. The summed E-state index contributed by atoms with van der Waals surface area (Å²) in [5.74, 6) is -0.735. The Morgan fingerprint density at radius 3 is 2.41 bits per heavy atom. The predicted molar refractivity (Wildman–Crippen MR) is 62.9 cm³/mol. The van der Waals surface area contributed by atoms with E-state index in [9.17, 15) is 31.1 Å². The van der Waals surface area contributed by atoms with E-state index in [1.54, 1.807) is 0 Å². The maximum atomic E-state index is 12.3. The van der Waals surface area contributed by atoms with E-state index < -0.39 is 37.4 Å². The summed E-state index contributed by atoms with van der Waals surface area (Å²) >= 11 is 0. The number of hydrogen-bond donors (Lipinski definition) is 1. The summed E-state index contributed by atoms with van der Waals surface area (Å²) in [4.78, 5) is 12.4. The zero-order valence-electron chi connectivity index (χ0n) is 11.1. The Morgan fingerprint density at radius 2 is 1.82 bits per heavy atom. The molecule has 2 heterocycles. The summed E-state index contributed by atoms with van der Waals surface area (Å²) in [5.41, 5.74) is 0.149. The predicted octanol–water partition coefficient (Wildman–Crippen LogP) is 2.02. The van der Waals surface area contributed by atoms with Crippen LogP contribution in [0.15, 0.2) is 12.4 Å². The normalized spacial score (nSPS) is 19.8. The van der Waals surface area contributed by atoms with Crippen LogP contribution in [-0.4, -0.2) is 52.1 Å². The van der Waals surface area contributed by atoms with Crippen molar-refractivity contribution in [2.75, 3.05) is 18.4 Å². The average molecular weight is 330 g/mol. The molecule has 1 saturated heterocycles. The van der Waals surface area contributed by atoms with Gasteiger partial charge in [0.2, 0.25) is 5.91 Å². The molecule has 1 aliphatic rings. The lowest BCUT2D eigenvalue weighted by molar-refractivity contribution is -0.157. The topological polar surface area (TPSA) is 50.2 Å². The second-order valence-corrected chi connectivity index (χ2v) is 4.90. The van der Waals surface area contributed by atoms with Crippen LogP contribution in [-0.2, 0) is 11.3 Å². The van der Waals surface area contributed by atoms with Gasteiger partial charge in [-0.25, -0.2) is 0 Å². The van der Waals surface area contributed by atoms with Crippen molar-refractivity contribution < 1.29 is 31.1 Å². The first-order chi connectivity index (χ1) is 10.0. The maximum absolute atomic E-state index is 12.3. The Morgan fingerprint density at radius 1 is 1.18 bits per heavy atom. The first-order valence-corrected chi connectivity index (χ1v) is 6.25. The second kappa shape index (κ2) is 5.69. The van der Waals surface area contributed by atoms with Crippen LogP contribution in [0, 0.1) is 0 Å². The fourth-order valence-electron chi connectivity index (χ4n) is 2.16. The van der Waals surface area contributed by atoms with Crippen molar-refractivity contribution in [3.05, 3.63) is 12.4 Å². The molecule has 1 aromatic rings. The number of nitrogens with one attached hydrogen (secondary N) is 1. The van der Waals surface area contributed by atoms with Crippen LogP contribution in [0.1, 0.15) is 6.42 Å². The van der Waals surface area contributed by atoms with Gasteiger partial charge in [-0.3, -0.25) is 9.48 Å². The highest BCUT2D eigenvalue weighted by Crippen LogP contribution is 2.23. The zero-order chi connectivity index (χ0) is 16.5. The fraction of sp³-hybridized carbons (Fsp3) is 0.636. The minimum absolute atomic E-state index is 0.0628. The van der Waals surface area contributed by atoms with Crippen molar-refractivity contribution in [3.63, 3.8) is 0 Å². The lowest BCUT2D eigenvalue weighted by Gasteiger charge is -2.18. The van der Waals surface area contributed by atoms with E-state index in [1.165, 1.54) is 0 Å². The second-order valence-electron chi connectivity index (χ2n) is 4.90. The van der Waals surface area contributed by atoms with Crippen molar-refractivity contribution in [2.24, 2.45) is 0 Å². The molecular weight excluding hydrogens is 318 g/mol. The highest BCUT2D eigenvalue weighted by molar-refractivity contribution is 5.86. The quantitative estimate of drug-likeness (QED) is 0.860. The van der Waals surface area contributed by atoms with Crippen molar-refractivity contribution in [2.45, 2.75) is 31.4 Å². The number of alkyl halides is 6. The summed E-state index contributed by atoms with van der Waals surface area (Å²) in [6.07, 6.45) is -6.64. The summed E-state index contributed by atoms with van der Waals surface area (Å²) in [5, 5.41) is 6.08. The molecular formula is C11H12F6N4O. The third-order valence-corrected chi connectivity index (χ3v) is 2.98. The first-order valence-electron chi connectivity index (χ1n) is 6.25. The molecule has 0 unspecified atom stereocenters. The molecule has 1 amide bonds. The van der Waals surface area contributed by atoms with Gasteiger partial charge in [0.25, 0.3) is 0 Å². The lowest BCUT2D eigenvalue weighted by atomic mass is 10.2. The summed E-state index contributed by atoms with van der Waals surface area (Å²) in [7, 11) is 0. The summed E-state index contributed by atoms with van der Waals surface area (Å²) in [6, 6.07) is -0.897. The van der Waals surface area contributed by atoms with Crippen molar-refractivity contribution in [1.29, 1.82) is 0 Å². The van der Waals surface area contributed by atoms with Crippen molar-refractivity contribution in [3.8, 4) is 0 Å². The molecule has 0 aliphatic carbocycles. The molecule has 124 valence electrons. The van der Waals surface area contributed by atoms with E-state index in [-0.39, 0.29) is 18.7 Å². The molecule has 0 radical (unpaired) electrons. The molecule has 1 aliphatic heterocycles. The van der Waals surface area contributed by atoms with Crippen LogP contribution >= 0.6 is 0 Å². The Labute approximate surface area is 120 Å². The highest BCUT2D eigenvalue weighted by atomic mass is 19.4. The molecule has 11 heteroatoms. The van der Waals surface area contributed by atoms with Crippen molar-refractivity contribution >= 4 is 11.6 Å². The first kappa shape index (κ1) is 16.4. The van der Waals surface area contributed by atoms with Crippen LogP contribution in [0.5, 0.6) is 0 Å². The third kappa shape index (κ3) is 4.53. The van der Waals surface area contributed by atoms with Gasteiger partial charge in [0, 0.05) is 12.7 Å². The van der Waals surface area contributed by atoms with Crippen LogP contribution in [0.3, 0.4) is 0 Å². The van der Waals surface area contributed by atoms with Gasteiger partial charge in [-0.2, -0.15) is 31.4 Å². The van der Waals surface area contributed by atoms with Crippen LogP contribution < -0.4 is 5.32 Å². The standard InChI is InChI=1S/C11H12F6N4O/c12-10(13,14)5-20-2-1-8(9(20)22)19-7-3-18-21(4-7)6-11(15,16)17/h3-4,8,19H,1-2,5-6H2/t8-/m0/s1. The van der Waals surface area contributed by atoms with Gasteiger partial charge in [0.05, 0.1) is 11.9 Å². The number of carbonyl (C=O) groups excluding carboxylic acids is 1. The summed E-state index contributed by atoms with van der Waals surface area (Å²) in [6.45, 7) is -2.68. The third-order valence-electron chi connectivity index (χ3n) is 2.98. The van der Waals surface area contributed by atoms with Gasteiger partial charge in [-0.1, -0.05) is 0 Å². The van der Waals surface area contributed by atoms with Gasteiger partial charge in [0.15, 0.2) is 0 Å². The van der Waals surface area contributed by atoms with E-state index in [1.807, 2.05) is 0 Å². The Kier molecular flexibility index (Phi) is 4.25. The number of anilines is 1. The molecule has 22 heavy (non-hydrogen) atoms. The van der Waals surface area contributed by atoms with E-state index in [2.05, 4.69) is 10.4 Å².